The second-order valence-corrected chi connectivity index (χ2v) is 14.4. The van der Waals surface area contributed by atoms with Crippen molar-refractivity contribution in [3.8, 4) is 11.1 Å². The van der Waals surface area contributed by atoms with Gasteiger partial charge in [0.25, 0.3) is 5.91 Å². The molecule has 3 rings (SSSR count). The van der Waals surface area contributed by atoms with Gasteiger partial charge in [0, 0.05) is 5.56 Å². The molecule has 0 aliphatic carbocycles. The Morgan fingerprint density at radius 3 is 1.59 bits per heavy atom. The van der Waals surface area contributed by atoms with E-state index in [0.29, 0.717) is 50.9 Å². The van der Waals surface area contributed by atoms with Gasteiger partial charge in [0.2, 0.25) is 23.6 Å². The summed E-state index contributed by atoms with van der Waals surface area (Å²) in [4.78, 5) is 79.2. The highest BCUT2D eigenvalue weighted by molar-refractivity contribution is 5.99. The van der Waals surface area contributed by atoms with Gasteiger partial charge in [0.05, 0.1) is 12.6 Å². The Morgan fingerprint density at radius 2 is 1.09 bits per heavy atom. The van der Waals surface area contributed by atoms with Crippen LogP contribution < -0.4 is 43.8 Å². The van der Waals surface area contributed by atoms with E-state index in [0.717, 1.165) is 30.4 Å². The highest BCUT2D eigenvalue weighted by Crippen LogP contribution is 2.21. The Bertz CT molecular complexity index is 1580. The van der Waals surface area contributed by atoms with Crippen LogP contribution in [0.5, 0.6) is 0 Å². The zero-order valence-corrected chi connectivity index (χ0v) is 33.1. The Morgan fingerprint density at radius 1 is 0.607 bits per heavy atom. The molecule has 1 heterocycles. The molecule has 2 aromatic carbocycles. The number of carbonyl (C=O) groups excluding carboxylic acids is 6. The maximum Gasteiger partial charge on any atom is 0.251 e. The number of aryl methyl sites for hydroxylation is 1. The summed E-state index contributed by atoms with van der Waals surface area (Å²) in [5.74, 6) is -3.14. The van der Waals surface area contributed by atoms with Crippen molar-refractivity contribution in [3.05, 3.63) is 59.7 Å². The molecule has 15 heteroatoms. The molecule has 0 bridgehead atoms. The van der Waals surface area contributed by atoms with Crippen molar-refractivity contribution in [1.82, 2.24) is 26.6 Å². The van der Waals surface area contributed by atoms with Crippen molar-refractivity contribution in [2.24, 2.45) is 17.2 Å². The lowest BCUT2D eigenvalue weighted by atomic mass is 10.0. The third-order valence-corrected chi connectivity index (χ3v) is 9.68. The van der Waals surface area contributed by atoms with Crippen LogP contribution >= 0.6 is 0 Å². The molecule has 2 aromatic rings. The number of epoxide rings is 1. The highest BCUT2D eigenvalue weighted by atomic mass is 16.6. The molecule has 15 nitrogen and oxygen atoms in total. The number of hydrogen-bond donors (Lipinski definition) is 8. The first kappa shape index (κ1) is 45.7. The van der Waals surface area contributed by atoms with Gasteiger partial charge in [0.15, 0.2) is 5.78 Å². The number of ether oxygens (including phenoxy) is 1. The lowest BCUT2D eigenvalue weighted by molar-refractivity contribution is -0.134. The van der Waals surface area contributed by atoms with Crippen LogP contribution in [0, 0.1) is 0 Å². The number of benzene rings is 2. The molecule has 56 heavy (non-hydrogen) atoms. The topological polar surface area (TPSA) is 253 Å². The Balaban J connectivity index is 1.64. The third-order valence-electron chi connectivity index (χ3n) is 9.68. The molecule has 0 radical (unpaired) electrons. The molecule has 0 saturated carbocycles. The summed E-state index contributed by atoms with van der Waals surface area (Å²) in [5, 5.41) is 13.5. The molecule has 0 spiro atoms. The minimum Gasteiger partial charge on any atom is -0.365 e. The van der Waals surface area contributed by atoms with Crippen molar-refractivity contribution in [2.45, 2.75) is 121 Å². The van der Waals surface area contributed by atoms with Gasteiger partial charge in [0.1, 0.15) is 30.3 Å². The van der Waals surface area contributed by atoms with Gasteiger partial charge in [-0.1, -0.05) is 49.7 Å². The molecular formula is C41H62N8O7. The summed E-state index contributed by atoms with van der Waals surface area (Å²) in [6.07, 6.45) is 5.60. The highest BCUT2D eigenvalue weighted by Gasteiger charge is 2.36. The third kappa shape index (κ3) is 15.1. The maximum absolute atomic E-state index is 13.6. The van der Waals surface area contributed by atoms with Gasteiger partial charge in [-0.2, -0.15) is 0 Å². The summed E-state index contributed by atoms with van der Waals surface area (Å²) >= 11 is 0. The summed E-state index contributed by atoms with van der Waals surface area (Å²) in [6, 6.07) is 10.5. The van der Waals surface area contributed by atoms with Gasteiger partial charge < -0.3 is 48.5 Å². The average molecular weight is 779 g/mol. The Hall–Kier alpha value is -4.70. The van der Waals surface area contributed by atoms with Crippen LogP contribution in [0.2, 0.25) is 0 Å². The number of carbonyl (C=O) groups is 6. The smallest absolute Gasteiger partial charge is 0.251 e. The first-order valence-corrected chi connectivity index (χ1v) is 19.9. The van der Waals surface area contributed by atoms with Crippen molar-refractivity contribution in [1.29, 1.82) is 0 Å². The van der Waals surface area contributed by atoms with E-state index < -0.39 is 65.8 Å². The number of rotatable bonds is 26. The van der Waals surface area contributed by atoms with E-state index in [2.05, 4.69) is 57.8 Å². The standard InChI is InChI=1S/C41H62N8O7/c1-4-5-10-28-13-15-29(16-14-28)30-17-19-31(20-18-30)38(52)48-34(21-24-44)41(55)49-33(12-7-9-23-43)40(54)46-27(3)37(51)47-32(11-6-8-22-42)39(53)45-26(2)36(50)35-25-56-35/h13-20,26-27,32-35H,4-12,21-25,42-44H2,1-3H3,(H,45,53)(H,46,54)(H,47,51)(H,48,52)(H,49,55)/t26-,27-,32-,33-,34-,35?/m0/s1. The normalized spacial score (nSPS) is 16.0. The summed E-state index contributed by atoms with van der Waals surface area (Å²) < 4.78 is 5.03. The summed E-state index contributed by atoms with van der Waals surface area (Å²) in [5.41, 5.74) is 20.7. The molecule has 1 unspecified atom stereocenters. The molecule has 1 aliphatic rings. The minimum atomic E-state index is -1.10. The molecule has 0 aromatic heterocycles. The predicted molar refractivity (Wildman–Crippen MR) is 215 cm³/mol. The summed E-state index contributed by atoms with van der Waals surface area (Å²) in [6.45, 7) is 6.36. The van der Waals surface area contributed by atoms with Gasteiger partial charge in [-0.05, 0) is 120 Å². The number of nitrogens with two attached hydrogens (primary N) is 3. The number of unbranched alkanes of at least 4 members (excludes halogenated alkanes) is 3. The van der Waals surface area contributed by atoms with Crippen LogP contribution in [0.4, 0.5) is 0 Å². The number of nitrogens with one attached hydrogen (secondary N) is 5. The van der Waals surface area contributed by atoms with Crippen LogP contribution in [0.15, 0.2) is 48.5 Å². The van der Waals surface area contributed by atoms with Crippen LogP contribution in [-0.2, 0) is 35.1 Å². The van der Waals surface area contributed by atoms with Crippen LogP contribution in [0.25, 0.3) is 11.1 Å². The second kappa shape index (κ2) is 24.0. The van der Waals surface area contributed by atoms with Crippen molar-refractivity contribution < 1.29 is 33.5 Å². The van der Waals surface area contributed by atoms with E-state index in [1.165, 1.54) is 12.5 Å². The second-order valence-electron chi connectivity index (χ2n) is 14.4. The predicted octanol–water partition coefficient (Wildman–Crippen LogP) is 1.35. The molecule has 5 amide bonds. The summed E-state index contributed by atoms with van der Waals surface area (Å²) in [7, 11) is 0. The molecule has 1 saturated heterocycles. The van der Waals surface area contributed by atoms with Crippen LogP contribution in [-0.4, -0.2) is 97.9 Å². The van der Waals surface area contributed by atoms with Gasteiger partial charge in [-0.25, -0.2) is 0 Å². The van der Waals surface area contributed by atoms with Crippen molar-refractivity contribution in [3.63, 3.8) is 0 Å². The lowest BCUT2D eigenvalue weighted by Crippen LogP contribution is -2.58. The maximum atomic E-state index is 13.6. The number of amides is 5. The molecule has 308 valence electrons. The molecular weight excluding hydrogens is 716 g/mol. The fourth-order valence-electron chi connectivity index (χ4n) is 6.08. The average Bonchev–Trinajstić information content (AvgIpc) is 4.05. The van der Waals surface area contributed by atoms with Crippen molar-refractivity contribution in [2.75, 3.05) is 26.2 Å². The first-order valence-electron chi connectivity index (χ1n) is 19.9. The van der Waals surface area contributed by atoms with E-state index in [1.54, 1.807) is 19.1 Å². The number of Topliss-reactive ketones (excluding diaryl/α,β-unsaturated/α-hetero) is 1. The molecule has 11 N–H and O–H groups in total. The molecule has 6 atom stereocenters. The Labute approximate surface area is 330 Å². The van der Waals surface area contributed by atoms with E-state index in [1.807, 2.05) is 12.1 Å². The fourth-order valence-corrected chi connectivity index (χ4v) is 6.08. The SMILES string of the molecule is CCCCc1ccc(-c2ccc(C(=O)N[C@@H](CCN)C(=O)N[C@@H](CCCCN)C(=O)N[C@@H](C)C(=O)N[C@@H](CCCCN)C(=O)N[C@@H](C)C(=O)C3CO3)cc2)cc1. The number of hydrogen-bond acceptors (Lipinski definition) is 10. The largest absolute Gasteiger partial charge is 0.365 e. The molecule has 1 fully saturated rings. The number of ketones is 1. The monoisotopic (exact) mass is 778 g/mol. The van der Waals surface area contributed by atoms with E-state index in [4.69, 9.17) is 21.9 Å². The molecule has 1 aliphatic heterocycles. The van der Waals surface area contributed by atoms with Gasteiger partial charge >= 0.3 is 0 Å². The van der Waals surface area contributed by atoms with Gasteiger partial charge in [-0.15, -0.1) is 0 Å². The lowest BCUT2D eigenvalue weighted by Gasteiger charge is -2.25. The zero-order chi connectivity index (χ0) is 41.0. The fraction of sp³-hybridized carbons (Fsp3) is 0.561. The van der Waals surface area contributed by atoms with Crippen LogP contribution in [0.1, 0.15) is 94.5 Å². The van der Waals surface area contributed by atoms with E-state index in [-0.39, 0.29) is 31.6 Å². The Kier molecular flexibility index (Phi) is 19.6. The van der Waals surface area contributed by atoms with E-state index >= 15 is 0 Å². The minimum absolute atomic E-state index is 0.0914. The first-order chi connectivity index (χ1) is 26.9. The van der Waals surface area contributed by atoms with Crippen molar-refractivity contribution >= 4 is 35.3 Å². The van der Waals surface area contributed by atoms with Gasteiger partial charge in [-0.3, -0.25) is 28.8 Å². The quantitative estimate of drug-likeness (QED) is 0.0503. The zero-order valence-electron chi connectivity index (χ0n) is 33.1. The van der Waals surface area contributed by atoms with Crippen LogP contribution in [0.3, 0.4) is 0 Å². The van der Waals surface area contributed by atoms with E-state index in [9.17, 15) is 28.8 Å².